The summed E-state index contributed by atoms with van der Waals surface area (Å²) < 4.78 is 23.0. The number of halogens is 1. The molecule has 7 nitrogen and oxygen atoms in total. The second kappa shape index (κ2) is 15.5. The molecule has 1 unspecified atom stereocenters. The van der Waals surface area contributed by atoms with Crippen molar-refractivity contribution in [3.8, 4) is 5.75 Å². The number of unbranched alkanes of at least 4 members (excludes halogenated alkanes) is 1. The van der Waals surface area contributed by atoms with E-state index in [0.29, 0.717) is 46.8 Å². The smallest absolute Gasteiger partial charge is 0.158 e. The van der Waals surface area contributed by atoms with Gasteiger partial charge in [0.25, 0.3) is 0 Å². The number of hydrazone groups is 1. The van der Waals surface area contributed by atoms with Gasteiger partial charge in [-0.1, -0.05) is 45.9 Å². The summed E-state index contributed by atoms with van der Waals surface area (Å²) in [5.74, 6) is 2.05. The molecule has 0 radical (unpaired) electrons. The van der Waals surface area contributed by atoms with Crippen molar-refractivity contribution in [1.82, 2.24) is 10.3 Å². The molecule has 0 saturated carbocycles. The first-order valence-electron chi connectivity index (χ1n) is 15.7. The van der Waals surface area contributed by atoms with E-state index in [2.05, 4.69) is 54.1 Å². The van der Waals surface area contributed by atoms with Crippen molar-refractivity contribution >= 4 is 23.4 Å². The summed E-state index contributed by atoms with van der Waals surface area (Å²) in [4.78, 5) is 6.99. The number of fused-ring (bicyclic) bond motifs is 1. The van der Waals surface area contributed by atoms with Gasteiger partial charge in [-0.3, -0.25) is 0 Å². The quantitative estimate of drug-likeness (QED) is 0.213. The Hall–Kier alpha value is -4.17. The third kappa shape index (κ3) is 8.05. The van der Waals surface area contributed by atoms with Gasteiger partial charge in [0.1, 0.15) is 17.3 Å². The van der Waals surface area contributed by atoms with Gasteiger partial charge in [0, 0.05) is 50.0 Å². The zero-order valence-corrected chi connectivity index (χ0v) is 27.1. The van der Waals surface area contributed by atoms with Crippen LogP contribution in [0.1, 0.15) is 69.2 Å². The first-order valence-corrected chi connectivity index (χ1v) is 15.7. The minimum absolute atomic E-state index is 0.225. The molecule has 2 aromatic rings. The molecule has 0 fully saturated rings. The summed E-state index contributed by atoms with van der Waals surface area (Å²) in [6.07, 6.45) is 13.8. The van der Waals surface area contributed by atoms with Crippen LogP contribution in [0.5, 0.6) is 5.75 Å². The van der Waals surface area contributed by atoms with Crippen molar-refractivity contribution < 1.29 is 9.13 Å². The van der Waals surface area contributed by atoms with Gasteiger partial charge in [-0.15, -0.1) is 0 Å². The highest BCUT2D eigenvalue weighted by Crippen LogP contribution is 2.33. The molecule has 2 aliphatic rings. The van der Waals surface area contributed by atoms with Crippen LogP contribution in [0.25, 0.3) is 0 Å². The maximum atomic E-state index is 16.8. The van der Waals surface area contributed by atoms with Crippen LogP contribution in [0.15, 0.2) is 83.0 Å². The molecule has 4 rings (SSSR count). The molecule has 0 aromatic heterocycles. The lowest BCUT2D eigenvalue weighted by Gasteiger charge is -2.34. The summed E-state index contributed by atoms with van der Waals surface area (Å²) in [5, 5.41) is 12.9. The van der Waals surface area contributed by atoms with E-state index in [0.717, 1.165) is 61.3 Å². The SMILES string of the molecule is C=C1C=C(Oc2ccc(NC(=N/C=C/CC)c3c(C)cc4c(c3F)N(CCCC)CC(C)CNC4)cc2C)C=CN1/N=C\C. The van der Waals surface area contributed by atoms with Crippen molar-refractivity contribution in [2.24, 2.45) is 16.0 Å². The number of nitrogens with one attached hydrogen (secondary N) is 2. The topological polar surface area (TPSA) is 64.5 Å². The van der Waals surface area contributed by atoms with E-state index in [1.54, 1.807) is 17.4 Å². The fourth-order valence-corrected chi connectivity index (χ4v) is 5.46. The van der Waals surface area contributed by atoms with Crippen molar-refractivity contribution in [3.05, 3.63) is 101 Å². The lowest BCUT2D eigenvalue weighted by atomic mass is 9.97. The van der Waals surface area contributed by atoms with Gasteiger partial charge in [0.05, 0.1) is 16.9 Å². The summed E-state index contributed by atoms with van der Waals surface area (Å²) >= 11 is 0. The number of ether oxygens (including phenoxy) is 1. The molecular formula is C36H47FN6O. The molecule has 0 amide bonds. The van der Waals surface area contributed by atoms with Crippen molar-refractivity contribution in [2.45, 2.75) is 67.3 Å². The van der Waals surface area contributed by atoms with Gasteiger partial charge in [-0.05, 0) is 87.0 Å². The molecule has 0 saturated heterocycles. The van der Waals surface area contributed by atoms with E-state index in [1.807, 2.05) is 63.4 Å². The van der Waals surface area contributed by atoms with Gasteiger partial charge in [-0.2, -0.15) is 5.10 Å². The van der Waals surface area contributed by atoms with E-state index in [-0.39, 0.29) is 5.82 Å². The maximum absolute atomic E-state index is 16.8. The van der Waals surface area contributed by atoms with Gasteiger partial charge < -0.3 is 20.3 Å². The first kappa shape index (κ1) is 32.7. The Kier molecular flexibility index (Phi) is 11.6. The first-order chi connectivity index (χ1) is 21.2. The van der Waals surface area contributed by atoms with Crippen LogP contribution in [-0.2, 0) is 6.54 Å². The zero-order valence-electron chi connectivity index (χ0n) is 27.1. The lowest BCUT2D eigenvalue weighted by molar-refractivity contribution is 0.421. The van der Waals surface area contributed by atoms with Crippen molar-refractivity contribution in [3.63, 3.8) is 0 Å². The molecule has 234 valence electrons. The molecule has 8 heteroatoms. The monoisotopic (exact) mass is 598 g/mol. The standard InChI is InChI=1S/C36H47FN6O/c1-8-11-16-39-36(33-27(6)19-29-23-38-22-25(4)24-42(17-12-9-2)35(29)34(33)37)41-30-13-14-32(26(5)20-30)44-31-15-18-43(40-10-3)28(7)21-31/h10-11,13-16,18-21,25,38H,7-9,12,17,22-24H2,1-6H3,(H,39,41)/b16-11+,40-10-. The normalized spacial score (nSPS) is 17.6. The van der Waals surface area contributed by atoms with E-state index < -0.39 is 0 Å². The fraction of sp³-hybridized carbons (Fsp3) is 0.389. The Morgan fingerprint density at radius 3 is 2.75 bits per heavy atom. The fourth-order valence-electron chi connectivity index (χ4n) is 5.46. The van der Waals surface area contributed by atoms with Crippen LogP contribution in [0.3, 0.4) is 0 Å². The highest BCUT2D eigenvalue weighted by Gasteiger charge is 2.26. The summed E-state index contributed by atoms with van der Waals surface area (Å²) in [6, 6.07) is 7.94. The number of amidine groups is 1. The second-order valence-corrected chi connectivity index (χ2v) is 11.5. The average molecular weight is 599 g/mol. The third-order valence-electron chi connectivity index (χ3n) is 7.62. The van der Waals surface area contributed by atoms with E-state index in [1.165, 1.54) is 0 Å². The highest BCUT2D eigenvalue weighted by atomic mass is 19.1. The summed E-state index contributed by atoms with van der Waals surface area (Å²) in [6.45, 7) is 19.5. The second-order valence-electron chi connectivity index (χ2n) is 11.5. The molecule has 2 aliphatic heterocycles. The highest BCUT2D eigenvalue weighted by molar-refractivity contribution is 6.10. The molecule has 0 aliphatic carbocycles. The molecule has 0 spiro atoms. The number of nitrogens with zero attached hydrogens (tertiary/aromatic N) is 4. The van der Waals surface area contributed by atoms with Crippen LogP contribution in [-0.4, -0.2) is 36.7 Å². The van der Waals surface area contributed by atoms with Crippen molar-refractivity contribution in [2.75, 3.05) is 29.9 Å². The van der Waals surface area contributed by atoms with E-state index in [4.69, 9.17) is 9.73 Å². The predicted molar refractivity (Wildman–Crippen MR) is 183 cm³/mol. The van der Waals surface area contributed by atoms with Crippen LogP contribution in [0, 0.1) is 25.6 Å². The van der Waals surface area contributed by atoms with Crippen LogP contribution in [0.2, 0.25) is 0 Å². The van der Waals surface area contributed by atoms with Gasteiger partial charge in [0.2, 0.25) is 0 Å². The Labute approximate surface area is 262 Å². The van der Waals surface area contributed by atoms with E-state index in [9.17, 15) is 0 Å². The lowest BCUT2D eigenvalue weighted by Crippen LogP contribution is -2.38. The van der Waals surface area contributed by atoms with Gasteiger partial charge in [-0.25, -0.2) is 14.4 Å². The van der Waals surface area contributed by atoms with Gasteiger partial charge in [0.15, 0.2) is 5.82 Å². The molecule has 44 heavy (non-hydrogen) atoms. The molecule has 1 atom stereocenters. The minimum atomic E-state index is -0.225. The Balaban J connectivity index is 1.67. The maximum Gasteiger partial charge on any atom is 0.158 e. The molecule has 2 heterocycles. The van der Waals surface area contributed by atoms with Crippen LogP contribution < -0.4 is 20.3 Å². The molecule has 0 bridgehead atoms. The predicted octanol–water partition coefficient (Wildman–Crippen LogP) is 8.18. The zero-order chi connectivity index (χ0) is 31.6. The Morgan fingerprint density at radius 1 is 1.23 bits per heavy atom. The number of aryl methyl sites for hydroxylation is 2. The molecular weight excluding hydrogens is 551 g/mol. The van der Waals surface area contributed by atoms with Gasteiger partial charge >= 0.3 is 0 Å². The number of allylic oxidation sites excluding steroid dienone is 3. The Morgan fingerprint density at radius 2 is 2.05 bits per heavy atom. The largest absolute Gasteiger partial charge is 0.457 e. The Bertz CT molecular complexity index is 1490. The summed E-state index contributed by atoms with van der Waals surface area (Å²) in [5.41, 5.74) is 5.45. The molecule has 2 N–H and O–H groups in total. The third-order valence-corrected chi connectivity index (χ3v) is 7.62. The number of benzene rings is 2. The average Bonchev–Trinajstić information content (AvgIpc) is 2.97. The molecule has 2 aromatic carbocycles. The number of aliphatic imine (C=N–C) groups is 1. The van der Waals surface area contributed by atoms with E-state index >= 15 is 4.39 Å². The van der Waals surface area contributed by atoms with Crippen LogP contribution >= 0.6 is 0 Å². The summed E-state index contributed by atoms with van der Waals surface area (Å²) in [7, 11) is 0. The number of rotatable bonds is 10. The minimum Gasteiger partial charge on any atom is -0.457 e. The van der Waals surface area contributed by atoms with Crippen LogP contribution in [0.4, 0.5) is 15.8 Å². The van der Waals surface area contributed by atoms with Crippen molar-refractivity contribution in [1.29, 1.82) is 0 Å². The number of hydrogen-bond acceptors (Lipinski definition) is 6. The number of anilines is 2. The number of hydrogen-bond donors (Lipinski definition) is 2.